The Labute approximate surface area is 149 Å². The average Bonchev–Trinajstić information content (AvgIpc) is 3.13. The van der Waals surface area contributed by atoms with E-state index in [2.05, 4.69) is 17.1 Å². The summed E-state index contributed by atoms with van der Waals surface area (Å²) in [5.74, 6) is 0.912. The molecule has 0 saturated heterocycles. The highest BCUT2D eigenvalue weighted by Crippen LogP contribution is 2.26. The van der Waals surface area contributed by atoms with E-state index in [4.69, 9.17) is 10.5 Å². The summed E-state index contributed by atoms with van der Waals surface area (Å²) in [6, 6.07) is 17.9. The van der Waals surface area contributed by atoms with Crippen molar-refractivity contribution >= 4 is 5.69 Å². The number of hydrogen-bond donors (Lipinski definition) is 2. The van der Waals surface area contributed by atoms with Gasteiger partial charge in [-0.3, -0.25) is 5.10 Å². The van der Waals surface area contributed by atoms with Gasteiger partial charge in [0.15, 0.2) is 0 Å². The van der Waals surface area contributed by atoms with Gasteiger partial charge in [-0.2, -0.15) is 5.10 Å². The fourth-order valence-corrected chi connectivity index (χ4v) is 2.72. The molecule has 0 spiro atoms. The molecular weight excluding hydrogens is 310 g/mol. The summed E-state index contributed by atoms with van der Waals surface area (Å²) in [6.45, 7) is 3.00. The number of hydrogen-bond acceptors (Lipinski definition) is 3. The van der Waals surface area contributed by atoms with Crippen molar-refractivity contribution in [2.75, 3.05) is 12.3 Å². The van der Waals surface area contributed by atoms with Crippen LogP contribution in [0.2, 0.25) is 0 Å². The molecule has 2 aromatic carbocycles. The second-order valence-electron chi connectivity index (χ2n) is 6.22. The van der Waals surface area contributed by atoms with Crippen LogP contribution in [-0.2, 0) is 0 Å². The molecule has 4 nitrogen and oxygen atoms in total. The topological polar surface area (TPSA) is 63.9 Å². The van der Waals surface area contributed by atoms with Crippen LogP contribution >= 0.6 is 0 Å². The first-order valence-electron chi connectivity index (χ1n) is 8.91. The van der Waals surface area contributed by atoms with E-state index in [0.29, 0.717) is 0 Å². The summed E-state index contributed by atoms with van der Waals surface area (Å²) < 4.78 is 5.79. The van der Waals surface area contributed by atoms with E-state index in [1.807, 2.05) is 54.6 Å². The number of H-pyrrole nitrogens is 1. The predicted octanol–water partition coefficient (Wildman–Crippen LogP) is 5.29. The van der Waals surface area contributed by atoms with Gasteiger partial charge in [0.25, 0.3) is 0 Å². The third kappa shape index (κ3) is 4.63. The van der Waals surface area contributed by atoms with E-state index in [1.165, 1.54) is 19.3 Å². The lowest BCUT2D eigenvalue weighted by atomic mass is 10.1. The molecule has 130 valence electrons. The van der Waals surface area contributed by atoms with Crippen LogP contribution in [0.3, 0.4) is 0 Å². The van der Waals surface area contributed by atoms with Crippen LogP contribution in [0.15, 0.2) is 54.6 Å². The Hall–Kier alpha value is -2.75. The standard InChI is InChI=1S/C21H25N3O/c1-2-3-4-5-14-25-19-12-8-17(9-13-19)21-15-20(23-24-21)16-6-10-18(22)11-7-16/h6-13,15H,2-5,14,22H2,1H3,(H,23,24). The molecule has 0 aliphatic heterocycles. The monoisotopic (exact) mass is 335 g/mol. The Kier molecular flexibility index (Phi) is 5.73. The van der Waals surface area contributed by atoms with Gasteiger partial charge >= 0.3 is 0 Å². The molecule has 0 amide bonds. The minimum Gasteiger partial charge on any atom is -0.494 e. The molecule has 0 bridgehead atoms. The number of nitrogen functional groups attached to an aromatic ring is 1. The first-order chi connectivity index (χ1) is 12.3. The third-order valence-corrected chi connectivity index (χ3v) is 4.22. The molecule has 3 aromatic rings. The summed E-state index contributed by atoms with van der Waals surface area (Å²) in [5.41, 5.74) is 10.5. The van der Waals surface area contributed by atoms with Gasteiger partial charge in [-0.1, -0.05) is 38.3 Å². The van der Waals surface area contributed by atoms with Crippen molar-refractivity contribution in [2.24, 2.45) is 0 Å². The van der Waals surface area contributed by atoms with E-state index < -0.39 is 0 Å². The largest absolute Gasteiger partial charge is 0.494 e. The number of nitrogens with two attached hydrogens (primary N) is 1. The minimum absolute atomic E-state index is 0.758. The van der Waals surface area contributed by atoms with Gasteiger partial charge in [-0.05, 0) is 54.4 Å². The smallest absolute Gasteiger partial charge is 0.119 e. The van der Waals surface area contributed by atoms with Crippen molar-refractivity contribution in [2.45, 2.75) is 32.6 Å². The van der Waals surface area contributed by atoms with Crippen molar-refractivity contribution in [3.8, 4) is 28.3 Å². The lowest BCUT2D eigenvalue weighted by Crippen LogP contribution is -1.96. The number of nitrogens with one attached hydrogen (secondary N) is 1. The quantitative estimate of drug-likeness (QED) is 0.434. The summed E-state index contributed by atoms with van der Waals surface area (Å²) >= 11 is 0. The zero-order chi connectivity index (χ0) is 17.5. The highest BCUT2D eigenvalue weighted by Gasteiger charge is 2.06. The first kappa shape index (κ1) is 17.1. The molecule has 3 rings (SSSR count). The molecule has 1 aromatic heterocycles. The maximum atomic E-state index is 5.79. The summed E-state index contributed by atoms with van der Waals surface area (Å²) in [5, 5.41) is 7.50. The van der Waals surface area contributed by atoms with Gasteiger partial charge in [0.05, 0.1) is 18.0 Å². The Bertz CT molecular complexity index is 776. The molecule has 4 heteroatoms. The number of benzene rings is 2. The maximum absolute atomic E-state index is 5.79. The average molecular weight is 335 g/mol. The normalized spacial score (nSPS) is 10.8. The first-order valence-corrected chi connectivity index (χ1v) is 8.91. The van der Waals surface area contributed by atoms with Gasteiger partial charge in [-0.25, -0.2) is 0 Å². The minimum atomic E-state index is 0.758. The molecule has 0 aliphatic carbocycles. The number of unbranched alkanes of at least 4 members (excludes halogenated alkanes) is 3. The van der Waals surface area contributed by atoms with Crippen molar-refractivity contribution in [3.63, 3.8) is 0 Å². The Balaban J connectivity index is 1.62. The summed E-state index contributed by atoms with van der Waals surface area (Å²) in [7, 11) is 0. The molecule has 3 N–H and O–H groups in total. The van der Waals surface area contributed by atoms with Crippen molar-refractivity contribution in [1.82, 2.24) is 10.2 Å². The number of nitrogens with zero attached hydrogens (tertiary/aromatic N) is 1. The lowest BCUT2D eigenvalue weighted by molar-refractivity contribution is 0.305. The summed E-state index contributed by atoms with van der Waals surface area (Å²) in [6.07, 6.45) is 4.87. The van der Waals surface area contributed by atoms with Crippen LogP contribution in [0, 0.1) is 0 Å². The fourth-order valence-electron chi connectivity index (χ4n) is 2.72. The lowest BCUT2D eigenvalue weighted by Gasteiger charge is -2.06. The van der Waals surface area contributed by atoms with E-state index in [0.717, 1.165) is 47.0 Å². The molecule has 0 radical (unpaired) electrons. The predicted molar refractivity (Wildman–Crippen MR) is 104 cm³/mol. The molecule has 1 heterocycles. The van der Waals surface area contributed by atoms with Crippen LogP contribution in [0.4, 0.5) is 5.69 Å². The molecule has 0 saturated carbocycles. The third-order valence-electron chi connectivity index (χ3n) is 4.22. The van der Waals surface area contributed by atoms with Crippen LogP contribution in [-0.4, -0.2) is 16.8 Å². The molecular formula is C21H25N3O. The van der Waals surface area contributed by atoms with Crippen LogP contribution in [0.1, 0.15) is 32.6 Å². The van der Waals surface area contributed by atoms with Gasteiger partial charge in [0.1, 0.15) is 5.75 Å². The Morgan fingerprint density at radius 3 is 2.36 bits per heavy atom. The van der Waals surface area contributed by atoms with Crippen molar-refractivity contribution < 1.29 is 4.74 Å². The number of ether oxygens (including phenoxy) is 1. The number of rotatable bonds is 8. The van der Waals surface area contributed by atoms with Crippen molar-refractivity contribution in [1.29, 1.82) is 0 Å². The van der Waals surface area contributed by atoms with Crippen LogP contribution in [0.5, 0.6) is 5.75 Å². The Morgan fingerprint density at radius 2 is 1.64 bits per heavy atom. The van der Waals surface area contributed by atoms with E-state index in [1.54, 1.807) is 0 Å². The maximum Gasteiger partial charge on any atom is 0.119 e. The molecule has 0 fully saturated rings. The van der Waals surface area contributed by atoms with Crippen LogP contribution in [0.25, 0.3) is 22.5 Å². The number of anilines is 1. The summed E-state index contributed by atoms with van der Waals surface area (Å²) in [4.78, 5) is 0. The second kappa shape index (κ2) is 8.38. The number of aromatic amines is 1. The van der Waals surface area contributed by atoms with E-state index >= 15 is 0 Å². The zero-order valence-corrected chi connectivity index (χ0v) is 14.7. The van der Waals surface area contributed by atoms with Crippen LogP contribution < -0.4 is 10.5 Å². The molecule has 0 unspecified atom stereocenters. The second-order valence-corrected chi connectivity index (χ2v) is 6.22. The highest BCUT2D eigenvalue weighted by atomic mass is 16.5. The SMILES string of the molecule is CCCCCCOc1ccc(-c2cc(-c3ccc(N)cc3)[nH]n2)cc1. The zero-order valence-electron chi connectivity index (χ0n) is 14.7. The number of aromatic nitrogens is 2. The van der Waals surface area contributed by atoms with Crippen molar-refractivity contribution in [3.05, 3.63) is 54.6 Å². The van der Waals surface area contributed by atoms with Gasteiger partial charge in [0.2, 0.25) is 0 Å². The van der Waals surface area contributed by atoms with Gasteiger partial charge in [-0.15, -0.1) is 0 Å². The molecule has 0 aliphatic rings. The fraction of sp³-hybridized carbons (Fsp3) is 0.286. The molecule has 25 heavy (non-hydrogen) atoms. The van der Waals surface area contributed by atoms with E-state index in [-0.39, 0.29) is 0 Å². The van der Waals surface area contributed by atoms with Gasteiger partial charge in [0, 0.05) is 11.3 Å². The van der Waals surface area contributed by atoms with Gasteiger partial charge < -0.3 is 10.5 Å². The highest BCUT2D eigenvalue weighted by molar-refractivity contribution is 5.69. The van der Waals surface area contributed by atoms with E-state index in [9.17, 15) is 0 Å². The molecule has 0 atom stereocenters. The Morgan fingerprint density at radius 1 is 0.920 bits per heavy atom.